The molecule has 0 radical (unpaired) electrons. The molecule has 0 aromatic carbocycles. The van der Waals surface area contributed by atoms with Gasteiger partial charge in [0, 0.05) is 6.42 Å². The number of carbonyl (C=O) groups excluding carboxylic acids is 1. The summed E-state index contributed by atoms with van der Waals surface area (Å²) in [7, 11) is 0. The van der Waals surface area contributed by atoms with E-state index in [0.717, 1.165) is 5.06 Å². The number of fused-ring (bicyclic) bond motifs is 2. The molecule has 2 rings (SSSR count). The van der Waals surface area contributed by atoms with E-state index in [1.807, 2.05) is 5.32 Å². The Bertz CT molecular complexity index is 346. The van der Waals surface area contributed by atoms with Crippen LogP contribution in [0.2, 0.25) is 0 Å². The third kappa shape index (κ3) is 1.94. The lowest BCUT2D eigenvalue weighted by atomic mass is 10.1. The van der Waals surface area contributed by atoms with Crippen molar-refractivity contribution in [2.45, 2.75) is 43.7 Å². The van der Waals surface area contributed by atoms with E-state index in [0.29, 0.717) is 6.42 Å². The summed E-state index contributed by atoms with van der Waals surface area (Å²) in [4.78, 5) is 27.3. The summed E-state index contributed by atoms with van der Waals surface area (Å²) in [6.45, 7) is 1.38. The van der Waals surface area contributed by atoms with Gasteiger partial charge in [0.25, 0.3) is 5.91 Å². The van der Waals surface area contributed by atoms with Gasteiger partial charge in [-0.15, -0.1) is 0 Å². The summed E-state index contributed by atoms with van der Waals surface area (Å²) in [6, 6.07) is -1.57. The molecular weight excluding hydrogens is 232 g/mol. The number of amides is 2. The molecule has 2 amide bonds. The Labute approximate surface area is 96.7 Å². The van der Waals surface area contributed by atoms with E-state index in [9.17, 15) is 19.8 Å². The van der Waals surface area contributed by atoms with Gasteiger partial charge in [0.05, 0.1) is 6.04 Å². The number of hydrogen-bond donors (Lipinski definition) is 4. The van der Waals surface area contributed by atoms with Crippen LogP contribution in [0.5, 0.6) is 0 Å². The second-order valence-corrected chi connectivity index (χ2v) is 4.26. The first-order valence-corrected chi connectivity index (χ1v) is 5.27. The second kappa shape index (κ2) is 4.13. The molecule has 1 aliphatic heterocycles. The minimum absolute atomic E-state index is 0.355. The Hall–Kier alpha value is -1.38. The molecule has 8 nitrogen and oxygen atoms in total. The van der Waals surface area contributed by atoms with Crippen molar-refractivity contribution in [3.63, 3.8) is 0 Å². The zero-order valence-corrected chi connectivity index (χ0v) is 9.11. The van der Waals surface area contributed by atoms with E-state index in [4.69, 9.17) is 9.94 Å². The van der Waals surface area contributed by atoms with Crippen LogP contribution in [0.4, 0.5) is 4.79 Å². The fourth-order valence-electron chi connectivity index (χ4n) is 2.18. The topological polar surface area (TPSA) is 119 Å². The number of aliphatic hydroxyl groups is 2. The maximum absolute atomic E-state index is 11.8. The van der Waals surface area contributed by atoms with Crippen LogP contribution >= 0.6 is 0 Å². The van der Waals surface area contributed by atoms with Crippen molar-refractivity contribution in [1.82, 2.24) is 10.4 Å². The van der Waals surface area contributed by atoms with Gasteiger partial charge in [-0.05, 0) is 6.92 Å². The van der Waals surface area contributed by atoms with E-state index in [1.54, 1.807) is 0 Å². The van der Waals surface area contributed by atoms with Crippen molar-refractivity contribution in [2.24, 2.45) is 0 Å². The van der Waals surface area contributed by atoms with Gasteiger partial charge in [0.1, 0.15) is 24.4 Å². The Morgan fingerprint density at radius 1 is 1.41 bits per heavy atom. The van der Waals surface area contributed by atoms with Crippen LogP contribution in [0.3, 0.4) is 0 Å². The highest BCUT2D eigenvalue weighted by Crippen LogP contribution is 2.35. The lowest BCUT2D eigenvalue weighted by Crippen LogP contribution is -2.55. The maximum Gasteiger partial charge on any atom is 0.405 e. The normalized spacial score (nSPS) is 37.0. The molecule has 96 valence electrons. The summed E-state index contributed by atoms with van der Waals surface area (Å²) in [5.41, 5.74) is 0. The lowest BCUT2D eigenvalue weighted by Gasteiger charge is -2.33. The third-order valence-corrected chi connectivity index (χ3v) is 3.08. The summed E-state index contributed by atoms with van der Waals surface area (Å²) >= 11 is 0. The van der Waals surface area contributed by atoms with Crippen molar-refractivity contribution in [1.29, 1.82) is 0 Å². The van der Waals surface area contributed by atoms with Gasteiger partial charge >= 0.3 is 6.09 Å². The number of aliphatic hydroxyl groups excluding tert-OH is 2. The van der Waals surface area contributed by atoms with Crippen LogP contribution in [0.25, 0.3) is 0 Å². The van der Waals surface area contributed by atoms with Gasteiger partial charge in [0.15, 0.2) is 0 Å². The van der Waals surface area contributed by atoms with Gasteiger partial charge in [-0.3, -0.25) is 9.63 Å². The van der Waals surface area contributed by atoms with E-state index in [-0.39, 0.29) is 0 Å². The number of nitrogens with one attached hydrogen (secondary N) is 1. The van der Waals surface area contributed by atoms with Crippen LogP contribution in [0.15, 0.2) is 0 Å². The fraction of sp³-hybridized carbons (Fsp3) is 0.778. The highest BCUT2D eigenvalue weighted by atomic mass is 16.7. The molecule has 0 spiro atoms. The van der Waals surface area contributed by atoms with Crippen LogP contribution in [0.1, 0.15) is 13.3 Å². The van der Waals surface area contributed by atoms with Crippen molar-refractivity contribution in [3.05, 3.63) is 0 Å². The number of rotatable bonds is 2. The van der Waals surface area contributed by atoms with E-state index < -0.39 is 42.4 Å². The minimum Gasteiger partial charge on any atom is -0.465 e. The van der Waals surface area contributed by atoms with Gasteiger partial charge in [0.2, 0.25) is 0 Å². The average Bonchev–Trinajstić information content (AvgIpc) is 2.78. The molecule has 2 bridgehead atoms. The number of hydrogen-bond acceptors (Lipinski definition) is 5. The molecule has 0 aromatic rings. The second-order valence-electron chi connectivity index (χ2n) is 4.26. The average molecular weight is 246 g/mol. The molecule has 1 saturated heterocycles. The molecule has 5 unspecified atom stereocenters. The Morgan fingerprint density at radius 2 is 2.06 bits per heavy atom. The number of nitrogens with zero attached hydrogens (tertiary/aromatic N) is 1. The Kier molecular flexibility index (Phi) is 2.94. The first kappa shape index (κ1) is 12.1. The van der Waals surface area contributed by atoms with E-state index in [1.165, 1.54) is 6.92 Å². The molecule has 1 heterocycles. The van der Waals surface area contributed by atoms with E-state index in [2.05, 4.69) is 0 Å². The van der Waals surface area contributed by atoms with Crippen molar-refractivity contribution in [2.75, 3.05) is 0 Å². The molecule has 2 fully saturated rings. The Morgan fingerprint density at radius 3 is 2.53 bits per heavy atom. The molecule has 5 atom stereocenters. The van der Waals surface area contributed by atoms with Crippen LogP contribution in [0, 0.1) is 0 Å². The Balaban J connectivity index is 2.01. The zero-order chi connectivity index (χ0) is 12.7. The lowest BCUT2D eigenvalue weighted by molar-refractivity contribution is -0.240. The van der Waals surface area contributed by atoms with Crippen molar-refractivity contribution < 1.29 is 29.7 Å². The molecular formula is C9H14N2O6. The quantitative estimate of drug-likeness (QED) is 0.460. The summed E-state index contributed by atoms with van der Waals surface area (Å²) in [6.07, 6.45) is -3.60. The molecule has 1 saturated carbocycles. The summed E-state index contributed by atoms with van der Waals surface area (Å²) in [5, 5.41) is 30.5. The zero-order valence-electron chi connectivity index (χ0n) is 9.11. The third-order valence-electron chi connectivity index (χ3n) is 3.08. The smallest absolute Gasteiger partial charge is 0.405 e. The number of hydroxylamine groups is 2. The van der Waals surface area contributed by atoms with Crippen molar-refractivity contribution >= 4 is 12.0 Å². The fourth-order valence-corrected chi connectivity index (χ4v) is 2.18. The largest absolute Gasteiger partial charge is 0.465 e. The SMILES string of the molecule is CC(NC(=O)O)C(=O)N1OC2CC1C(O)C2O. The first-order chi connectivity index (χ1) is 7.91. The van der Waals surface area contributed by atoms with Gasteiger partial charge < -0.3 is 20.6 Å². The molecule has 1 aliphatic carbocycles. The first-order valence-electron chi connectivity index (χ1n) is 5.27. The molecule has 4 N–H and O–H groups in total. The highest BCUT2D eigenvalue weighted by Gasteiger charge is 2.54. The van der Waals surface area contributed by atoms with Crippen molar-refractivity contribution in [3.8, 4) is 0 Å². The van der Waals surface area contributed by atoms with Gasteiger partial charge in [-0.2, -0.15) is 0 Å². The predicted molar refractivity (Wildman–Crippen MR) is 52.8 cm³/mol. The van der Waals surface area contributed by atoms with E-state index >= 15 is 0 Å². The summed E-state index contributed by atoms with van der Waals surface area (Å²) in [5.74, 6) is -0.578. The number of carbonyl (C=O) groups is 2. The van der Waals surface area contributed by atoms with Crippen LogP contribution in [-0.2, 0) is 9.63 Å². The summed E-state index contributed by atoms with van der Waals surface area (Å²) < 4.78 is 0. The predicted octanol–water partition coefficient (Wildman–Crippen LogP) is -1.72. The number of carboxylic acid groups (broad SMARTS) is 1. The monoisotopic (exact) mass is 246 g/mol. The van der Waals surface area contributed by atoms with Crippen LogP contribution < -0.4 is 5.32 Å². The highest BCUT2D eigenvalue weighted by molar-refractivity contribution is 5.84. The molecule has 2 aliphatic rings. The van der Waals surface area contributed by atoms with Gasteiger partial charge in [-0.1, -0.05) is 0 Å². The minimum atomic E-state index is -1.31. The van der Waals surface area contributed by atoms with Gasteiger partial charge in [-0.25, -0.2) is 9.86 Å². The van der Waals surface area contributed by atoms with Crippen LogP contribution in [-0.4, -0.2) is 62.8 Å². The molecule has 8 heteroatoms. The molecule has 0 aromatic heterocycles. The standard InChI is InChI=1S/C9H14N2O6/c1-3(10-9(15)16)8(14)11-4-2-5(17-11)7(13)6(4)12/h3-7,10,12-13H,2H2,1H3,(H,15,16). The maximum atomic E-state index is 11.8. The molecule has 17 heavy (non-hydrogen) atoms.